The lowest BCUT2D eigenvalue weighted by atomic mass is 10.0. The Morgan fingerprint density at radius 3 is 2.50 bits per heavy atom. The van der Waals surface area contributed by atoms with Gasteiger partial charge in [0.1, 0.15) is 35.8 Å². The Balaban J connectivity index is 1.73. The van der Waals surface area contributed by atoms with Crippen molar-refractivity contribution in [3.8, 4) is 11.3 Å². The van der Waals surface area contributed by atoms with Gasteiger partial charge in [0.15, 0.2) is 11.5 Å². The van der Waals surface area contributed by atoms with Crippen molar-refractivity contribution < 1.29 is 28.4 Å². The molecule has 4 heterocycles. The largest absolute Gasteiger partial charge is 0.464 e. The molecule has 0 unspecified atom stereocenters. The van der Waals surface area contributed by atoms with E-state index in [0.29, 0.717) is 26.5 Å². The molecule has 172 valence electrons. The quantitative estimate of drug-likeness (QED) is 0.313. The third kappa shape index (κ3) is 3.38. The van der Waals surface area contributed by atoms with Crippen LogP contribution in [-0.4, -0.2) is 42.4 Å². The molecule has 2 aliphatic rings. The lowest BCUT2D eigenvalue weighted by Gasteiger charge is -2.34. The van der Waals surface area contributed by atoms with Crippen LogP contribution in [0.2, 0.25) is 15.2 Å². The molecule has 0 aliphatic carbocycles. The molecule has 10 heteroatoms. The number of halogens is 3. The maximum atomic E-state index is 7.02. The third-order valence-corrected chi connectivity index (χ3v) is 7.01. The van der Waals surface area contributed by atoms with Gasteiger partial charge in [-0.15, -0.1) is 0 Å². The standard InChI is InChI=1S/C22H22Cl3NO6/c1-21(2)31-18-16(10-29-27-4)30-22(3,19(18)32-21)26-14-9-13(24)12(23)8-11(14)17(20(26)25)15-6-5-7-28-15/h5-9,16,18-19H,10H2,1-4H3/t16-,18-,19-,22-/m1/s1. The number of furan rings is 1. The Labute approximate surface area is 199 Å². The number of aromatic nitrogens is 1. The summed E-state index contributed by atoms with van der Waals surface area (Å²) in [6, 6.07) is 7.17. The van der Waals surface area contributed by atoms with E-state index in [0.717, 1.165) is 10.9 Å². The molecular weight excluding hydrogens is 481 g/mol. The Kier molecular flexibility index (Phi) is 5.55. The highest BCUT2D eigenvalue weighted by atomic mass is 35.5. The molecule has 7 nitrogen and oxygen atoms in total. The summed E-state index contributed by atoms with van der Waals surface area (Å²) in [6.07, 6.45) is 0.226. The van der Waals surface area contributed by atoms with Crippen molar-refractivity contribution in [2.45, 2.75) is 50.6 Å². The minimum absolute atomic E-state index is 0.154. The van der Waals surface area contributed by atoms with Crippen molar-refractivity contribution in [2.24, 2.45) is 0 Å². The average molecular weight is 503 g/mol. The maximum absolute atomic E-state index is 7.02. The summed E-state index contributed by atoms with van der Waals surface area (Å²) < 4.78 is 26.5. The lowest BCUT2D eigenvalue weighted by Crippen LogP contribution is -2.43. The SMILES string of the molecule is COOC[C@H]1O[C@@](C)(n2c(Cl)c(-c3ccco3)c3cc(Cl)c(Cl)cc32)[C@@H]2OC(C)(C)O[C@@H]21. The van der Waals surface area contributed by atoms with Crippen LogP contribution in [-0.2, 0) is 29.7 Å². The highest BCUT2D eigenvalue weighted by molar-refractivity contribution is 6.43. The number of benzene rings is 1. The molecule has 2 aliphatic heterocycles. The number of rotatable bonds is 5. The number of ether oxygens (including phenoxy) is 3. The number of nitrogens with zero attached hydrogens (tertiary/aromatic N) is 1. The van der Waals surface area contributed by atoms with Gasteiger partial charge in [-0.3, -0.25) is 4.57 Å². The fourth-order valence-electron chi connectivity index (χ4n) is 4.70. The fourth-order valence-corrected chi connectivity index (χ4v) is 5.47. The van der Waals surface area contributed by atoms with Crippen LogP contribution in [0.5, 0.6) is 0 Å². The Morgan fingerprint density at radius 2 is 1.81 bits per heavy atom. The molecule has 2 saturated heterocycles. The van der Waals surface area contributed by atoms with E-state index in [1.807, 2.05) is 31.4 Å². The van der Waals surface area contributed by atoms with E-state index in [4.69, 9.17) is 63.2 Å². The molecule has 0 spiro atoms. The first-order valence-corrected chi connectivity index (χ1v) is 11.2. The molecule has 0 radical (unpaired) electrons. The van der Waals surface area contributed by atoms with Gasteiger partial charge in [-0.2, -0.15) is 0 Å². The van der Waals surface area contributed by atoms with Crippen LogP contribution >= 0.6 is 34.8 Å². The van der Waals surface area contributed by atoms with Gasteiger partial charge in [0.25, 0.3) is 0 Å². The summed E-state index contributed by atoms with van der Waals surface area (Å²) in [7, 11) is 1.44. The second-order valence-corrected chi connectivity index (χ2v) is 9.62. The van der Waals surface area contributed by atoms with Gasteiger partial charge in [-0.25, -0.2) is 9.78 Å². The predicted molar refractivity (Wildman–Crippen MR) is 120 cm³/mol. The van der Waals surface area contributed by atoms with Gasteiger partial charge in [0.05, 0.1) is 34.5 Å². The highest BCUT2D eigenvalue weighted by Gasteiger charge is 2.62. The average Bonchev–Trinajstić information content (AvgIpc) is 3.46. The highest BCUT2D eigenvalue weighted by Crippen LogP contribution is 2.51. The van der Waals surface area contributed by atoms with Crippen molar-refractivity contribution in [2.75, 3.05) is 13.7 Å². The molecule has 4 atom stereocenters. The van der Waals surface area contributed by atoms with E-state index in [2.05, 4.69) is 0 Å². The second-order valence-electron chi connectivity index (χ2n) is 8.44. The topological polar surface area (TPSA) is 64.2 Å². The van der Waals surface area contributed by atoms with E-state index < -0.39 is 29.8 Å². The van der Waals surface area contributed by atoms with Gasteiger partial charge in [-0.1, -0.05) is 34.8 Å². The Morgan fingerprint density at radius 1 is 1.06 bits per heavy atom. The normalized spacial score (nSPS) is 29.2. The van der Waals surface area contributed by atoms with E-state index in [1.165, 1.54) is 7.11 Å². The van der Waals surface area contributed by atoms with Crippen LogP contribution < -0.4 is 0 Å². The monoisotopic (exact) mass is 501 g/mol. The summed E-state index contributed by atoms with van der Waals surface area (Å²) in [5, 5.41) is 1.97. The number of hydrogen-bond acceptors (Lipinski definition) is 6. The molecule has 32 heavy (non-hydrogen) atoms. The molecule has 2 aromatic heterocycles. The van der Waals surface area contributed by atoms with Crippen LogP contribution in [0.1, 0.15) is 20.8 Å². The Bertz CT molecular complexity index is 1160. The van der Waals surface area contributed by atoms with Crippen LogP contribution in [0.3, 0.4) is 0 Å². The molecule has 2 fully saturated rings. The van der Waals surface area contributed by atoms with E-state index >= 15 is 0 Å². The molecule has 1 aromatic carbocycles. The molecule has 0 saturated carbocycles. The van der Waals surface area contributed by atoms with Crippen LogP contribution in [0, 0.1) is 0 Å². The van der Waals surface area contributed by atoms with Crippen molar-refractivity contribution in [3.63, 3.8) is 0 Å². The van der Waals surface area contributed by atoms with Gasteiger partial charge in [0.2, 0.25) is 0 Å². The Hall–Kier alpha value is -1.29. The first kappa shape index (κ1) is 22.5. The molecule has 0 bridgehead atoms. The van der Waals surface area contributed by atoms with E-state index in [1.54, 1.807) is 24.5 Å². The number of hydrogen-bond donors (Lipinski definition) is 0. The van der Waals surface area contributed by atoms with Crippen molar-refractivity contribution in [1.82, 2.24) is 4.57 Å². The molecule has 5 rings (SSSR count). The maximum Gasteiger partial charge on any atom is 0.172 e. The zero-order valence-electron chi connectivity index (χ0n) is 17.9. The molecule has 0 amide bonds. The summed E-state index contributed by atoms with van der Waals surface area (Å²) in [5.74, 6) is -0.218. The first-order valence-electron chi connectivity index (χ1n) is 10.1. The van der Waals surface area contributed by atoms with Crippen LogP contribution in [0.25, 0.3) is 22.2 Å². The summed E-state index contributed by atoms with van der Waals surface area (Å²) in [4.78, 5) is 9.98. The van der Waals surface area contributed by atoms with Crippen molar-refractivity contribution in [3.05, 3.63) is 45.7 Å². The summed E-state index contributed by atoms with van der Waals surface area (Å²) in [6.45, 7) is 5.78. The summed E-state index contributed by atoms with van der Waals surface area (Å²) in [5.41, 5.74) is 0.345. The van der Waals surface area contributed by atoms with Crippen molar-refractivity contribution in [1.29, 1.82) is 0 Å². The van der Waals surface area contributed by atoms with E-state index in [9.17, 15) is 0 Å². The van der Waals surface area contributed by atoms with Crippen LogP contribution in [0.4, 0.5) is 0 Å². The van der Waals surface area contributed by atoms with Gasteiger partial charge in [-0.05, 0) is 45.0 Å². The zero-order valence-corrected chi connectivity index (χ0v) is 20.1. The minimum atomic E-state index is -1.06. The smallest absolute Gasteiger partial charge is 0.172 e. The van der Waals surface area contributed by atoms with Gasteiger partial charge in [0, 0.05) is 5.39 Å². The van der Waals surface area contributed by atoms with E-state index in [-0.39, 0.29) is 6.61 Å². The third-order valence-electron chi connectivity index (χ3n) is 5.93. The molecule has 0 N–H and O–H groups in total. The first-order chi connectivity index (χ1) is 15.2. The van der Waals surface area contributed by atoms with Crippen molar-refractivity contribution >= 4 is 45.7 Å². The second kappa shape index (κ2) is 7.89. The summed E-state index contributed by atoms with van der Waals surface area (Å²) >= 11 is 19.8. The predicted octanol–water partition coefficient (Wildman–Crippen LogP) is 6.03. The minimum Gasteiger partial charge on any atom is -0.464 e. The number of fused-ring (bicyclic) bond motifs is 2. The van der Waals surface area contributed by atoms with Gasteiger partial charge >= 0.3 is 0 Å². The van der Waals surface area contributed by atoms with Gasteiger partial charge < -0.3 is 18.6 Å². The fraction of sp³-hybridized carbons (Fsp3) is 0.455. The zero-order chi connectivity index (χ0) is 22.8. The van der Waals surface area contributed by atoms with Crippen LogP contribution in [0.15, 0.2) is 34.9 Å². The molecular formula is C22H22Cl3NO6. The molecule has 3 aromatic rings. The lowest BCUT2D eigenvalue weighted by molar-refractivity contribution is -0.302.